The maximum Gasteiger partial charge on any atom is 0.315 e. The maximum atomic E-state index is 12.5. The Morgan fingerprint density at radius 1 is 0.963 bits per heavy atom. The lowest BCUT2D eigenvalue weighted by Crippen LogP contribution is -2.52. The monoisotopic (exact) mass is 407 g/mol. The largest absolute Gasteiger partial charge is 0.350 e. The molecule has 0 aromatic heterocycles. The Morgan fingerprint density at radius 2 is 1.67 bits per heavy atom. The summed E-state index contributed by atoms with van der Waals surface area (Å²) in [5, 5.41) is 9.32. The van der Waals surface area contributed by atoms with Gasteiger partial charge in [0.1, 0.15) is 6.04 Å². The fraction of sp³-hybridized carbons (Fsp3) is 0.300. The van der Waals surface area contributed by atoms with Crippen LogP contribution in [-0.2, 0) is 17.9 Å². The van der Waals surface area contributed by atoms with Crippen molar-refractivity contribution in [3.8, 4) is 0 Å². The predicted octanol–water partition coefficient (Wildman–Crippen LogP) is 4.13. The van der Waals surface area contributed by atoms with Crippen LogP contribution in [0.5, 0.6) is 0 Å². The van der Waals surface area contributed by atoms with Crippen LogP contribution in [0.25, 0.3) is 0 Å². The molecule has 0 fully saturated rings. The van der Waals surface area contributed by atoms with Crippen LogP contribution >= 0.6 is 23.2 Å². The first-order chi connectivity index (χ1) is 12.9. The second-order valence-electron chi connectivity index (χ2n) is 6.49. The first-order valence-corrected chi connectivity index (χ1v) is 9.42. The van der Waals surface area contributed by atoms with Gasteiger partial charge in [-0.2, -0.15) is 0 Å². The van der Waals surface area contributed by atoms with Gasteiger partial charge in [-0.1, -0.05) is 73.4 Å². The molecule has 1 atom stereocenters. The van der Waals surface area contributed by atoms with Crippen LogP contribution in [0.1, 0.15) is 25.0 Å². The number of rotatable bonds is 7. The number of hydrogen-bond acceptors (Lipinski definition) is 2. The molecule has 0 saturated heterocycles. The lowest BCUT2D eigenvalue weighted by atomic mass is 10.0. The van der Waals surface area contributed by atoms with E-state index < -0.39 is 12.1 Å². The summed E-state index contributed by atoms with van der Waals surface area (Å²) >= 11 is 12.0. The van der Waals surface area contributed by atoms with E-state index in [1.807, 2.05) is 44.2 Å². The minimum absolute atomic E-state index is 0.0758. The van der Waals surface area contributed by atoms with Gasteiger partial charge >= 0.3 is 6.03 Å². The van der Waals surface area contributed by atoms with Gasteiger partial charge in [0.2, 0.25) is 5.91 Å². The molecule has 5 nitrogen and oxygen atoms in total. The predicted molar refractivity (Wildman–Crippen MR) is 109 cm³/mol. The highest BCUT2D eigenvalue weighted by Crippen LogP contribution is 2.20. The highest BCUT2D eigenvalue weighted by atomic mass is 35.5. The number of benzene rings is 2. The van der Waals surface area contributed by atoms with Crippen LogP contribution in [0.2, 0.25) is 10.0 Å². The van der Waals surface area contributed by atoms with Crippen LogP contribution in [0.3, 0.4) is 0 Å². The third-order valence-electron chi connectivity index (χ3n) is 4.00. The summed E-state index contributed by atoms with van der Waals surface area (Å²) in [5.74, 6) is -0.348. The summed E-state index contributed by atoms with van der Waals surface area (Å²) in [6, 6.07) is 13.6. The third kappa shape index (κ3) is 6.77. The van der Waals surface area contributed by atoms with Crippen molar-refractivity contribution in [1.29, 1.82) is 0 Å². The zero-order valence-electron chi connectivity index (χ0n) is 15.3. The molecule has 0 aliphatic carbocycles. The van der Waals surface area contributed by atoms with E-state index in [4.69, 9.17) is 23.2 Å². The number of nitrogens with one attached hydrogen (secondary N) is 3. The molecule has 0 spiro atoms. The standard InChI is InChI=1S/C20H23Cl2N3O2/c1-13(2)18(25-20(27)24-11-14-6-4-3-5-7-14)19(26)23-12-15-8-9-16(21)10-17(15)22/h3-10,13,18H,11-12H2,1-2H3,(H,23,26)(H2,24,25,27). The van der Waals surface area contributed by atoms with E-state index in [2.05, 4.69) is 16.0 Å². The molecule has 0 aliphatic rings. The molecule has 1 unspecified atom stereocenters. The number of amides is 3. The molecule has 0 heterocycles. The normalized spacial score (nSPS) is 11.7. The van der Waals surface area contributed by atoms with Gasteiger partial charge in [-0.3, -0.25) is 4.79 Å². The quantitative estimate of drug-likeness (QED) is 0.645. The SMILES string of the molecule is CC(C)C(NC(=O)NCc1ccccc1)C(=O)NCc1ccc(Cl)cc1Cl. The summed E-state index contributed by atoms with van der Waals surface area (Å²) in [7, 11) is 0. The van der Waals surface area contributed by atoms with Gasteiger partial charge in [0.05, 0.1) is 0 Å². The lowest BCUT2D eigenvalue weighted by Gasteiger charge is -2.22. The molecule has 0 radical (unpaired) electrons. The minimum atomic E-state index is -0.660. The van der Waals surface area contributed by atoms with Crippen LogP contribution in [0.4, 0.5) is 4.79 Å². The molecule has 2 rings (SSSR count). The Balaban J connectivity index is 1.89. The van der Waals surface area contributed by atoms with Crippen molar-refractivity contribution in [3.63, 3.8) is 0 Å². The van der Waals surface area contributed by atoms with Crippen LogP contribution in [-0.4, -0.2) is 18.0 Å². The van der Waals surface area contributed by atoms with E-state index >= 15 is 0 Å². The van der Waals surface area contributed by atoms with E-state index in [9.17, 15) is 9.59 Å². The summed E-state index contributed by atoms with van der Waals surface area (Å²) in [5.41, 5.74) is 1.74. The molecule has 2 aromatic rings. The maximum absolute atomic E-state index is 12.5. The molecular formula is C20H23Cl2N3O2. The number of carbonyl (C=O) groups is 2. The zero-order chi connectivity index (χ0) is 19.8. The van der Waals surface area contributed by atoms with E-state index in [0.717, 1.165) is 11.1 Å². The summed E-state index contributed by atoms with van der Waals surface area (Å²) in [6.45, 7) is 4.39. The average Bonchev–Trinajstić information content (AvgIpc) is 2.64. The molecule has 3 amide bonds. The number of urea groups is 1. The van der Waals surface area contributed by atoms with Crippen LogP contribution in [0, 0.1) is 5.92 Å². The highest BCUT2D eigenvalue weighted by molar-refractivity contribution is 6.35. The molecule has 3 N–H and O–H groups in total. The van der Waals surface area contributed by atoms with E-state index in [1.54, 1.807) is 18.2 Å². The summed E-state index contributed by atoms with van der Waals surface area (Å²) < 4.78 is 0. The van der Waals surface area contributed by atoms with Gasteiger partial charge < -0.3 is 16.0 Å². The van der Waals surface area contributed by atoms with Crippen LogP contribution in [0.15, 0.2) is 48.5 Å². The first kappa shape index (κ1) is 21.1. The second-order valence-corrected chi connectivity index (χ2v) is 7.33. The van der Waals surface area contributed by atoms with Gasteiger partial charge in [0.15, 0.2) is 0 Å². The van der Waals surface area contributed by atoms with Gasteiger partial charge in [0.25, 0.3) is 0 Å². The summed E-state index contributed by atoms with van der Waals surface area (Å²) in [4.78, 5) is 24.7. The molecule has 2 aromatic carbocycles. The molecule has 0 saturated carbocycles. The Morgan fingerprint density at radius 3 is 2.30 bits per heavy atom. The van der Waals surface area contributed by atoms with Crippen molar-refractivity contribution in [2.45, 2.75) is 33.0 Å². The second kappa shape index (κ2) is 10.2. The number of halogens is 2. The summed E-state index contributed by atoms with van der Waals surface area (Å²) in [6.07, 6.45) is 0. The van der Waals surface area contributed by atoms with E-state index in [1.165, 1.54) is 0 Å². The van der Waals surface area contributed by atoms with Crippen molar-refractivity contribution in [3.05, 3.63) is 69.7 Å². The fourth-order valence-corrected chi connectivity index (χ4v) is 2.94. The van der Waals surface area contributed by atoms with Crippen molar-refractivity contribution in [1.82, 2.24) is 16.0 Å². The van der Waals surface area contributed by atoms with Crippen molar-refractivity contribution >= 4 is 35.1 Å². The fourth-order valence-electron chi connectivity index (χ4n) is 2.46. The minimum Gasteiger partial charge on any atom is -0.350 e. The van der Waals surface area contributed by atoms with Crippen molar-refractivity contribution in [2.75, 3.05) is 0 Å². The lowest BCUT2D eigenvalue weighted by molar-refractivity contribution is -0.124. The molecule has 144 valence electrons. The molecule has 0 aliphatic heterocycles. The van der Waals surface area contributed by atoms with E-state index in [-0.39, 0.29) is 18.4 Å². The van der Waals surface area contributed by atoms with Gasteiger partial charge in [-0.05, 0) is 29.2 Å². The topological polar surface area (TPSA) is 70.2 Å². The Kier molecular flexibility index (Phi) is 7.95. The average molecular weight is 408 g/mol. The first-order valence-electron chi connectivity index (χ1n) is 8.66. The third-order valence-corrected chi connectivity index (χ3v) is 4.59. The zero-order valence-corrected chi connectivity index (χ0v) is 16.8. The van der Waals surface area contributed by atoms with Crippen molar-refractivity contribution in [2.24, 2.45) is 5.92 Å². The van der Waals surface area contributed by atoms with Crippen LogP contribution < -0.4 is 16.0 Å². The smallest absolute Gasteiger partial charge is 0.315 e. The van der Waals surface area contributed by atoms with Crippen molar-refractivity contribution < 1.29 is 9.59 Å². The Hall–Kier alpha value is -2.24. The number of hydrogen-bond donors (Lipinski definition) is 3. The Labute approximate surface area is 169 Å². The molecule has 0 bridgehead atoms. The van der Waals surface area contributed by atoms with Gasteiger partial charge in [-0.15, -0.1) is 0 Å². The van der Waals surface area contributed by atoms with E-state index in [0.29, 0.717) is 16.6 Å². The molecule has 27 heavy (non-hydrogen) atoms. The molecule has 7 heteroatoms. The molecular weight excluding hydrogens is 385 g/mol. The Bertz CT molecular complexity index is 782. The number of carbonyl (C=O) groups excluding carboxylic acids is 2. The van der Waals surface area contributed by atoms with Gasteiger partial charge in [0, 0.05) is 23.1 Å². The van der Waals surface area contributed by atoms with Gasteiger partial charge in [-0.25, -0.2) is 4.79 Å². The highest BCUT2D eigenvalue weighted by Gasteiger charge is 2.24.